The van der Waals surface area contributed by atoms with Gasteiger partial charge in [0.2, 0.25) is 5.95 Å². The lowest BCUT2D eigenvalue weighted by molar-refractivity contribution is 0.0254. The molecule has 2 N–H and O–H groups in total. The molecule has 1 fully saturated rings. The van der Waals surface area contributed by atoms with Crippen molar-refractivity contribution < 1.29 is 28.2 Å². The monoisotopic (exact) mass is 664 g/mol. The van der Waals surface area contributed by atoms with Gasteiger partial charge >= 0.3 is 12.2 Å². The summed E-state index contributed by atoms with van der Waals surface area (Å²) in [6, 6.07) is 5.07. The van der Waals surface area contributed by atoms with Crippen LogP contribution in [0.2, 0.25) is 0 Å². The van der Waals surface area contributed by atoms with Gasteiger partial charge in [-0.1, -0.05) is 0 Å². The molecule has 0 bridgehead atoms. The zero-order chi connectivity index (χ0) is 34.8. The zero-order valence-electron chi connectivity index (χ0n) is 28.7. The molecule has 1 unspecified atom stereocenters. The normalized spacial score (nSPS) is 16.8. The van der Waals surface area contributed by atoms with Crippen molar-refractivity contribution in [1.82, 2.24) is 29.7 Å². The first-order valence-electron chi connectivity index (χ1n) is 16.3. The van der Waals surface area contributed by atoms with Crippen LogP contribution >= 0.6 is 0 Å². The van der Waals surface area contributed by atoms with Crippen molar-refractivity contribution >= 4 is 35.5 Å². The number of aromatic nitrogens is 4. The second-order valence-electron chi connectivity index (χ2n) is 14.2. The van der Waals surface area contributed by atoms with Gasteiger partial charge in [0.15, 0.2) is 5.82 Å². The van der Waals surface area contributed by atoms with Gasteiger partial charge < -0.3 is 29.6 Å². The highest BCUT2D eigenvalue weighted by Gasteiger charge is 2.30. The fourth-order valence-electron chi connectivity index (χ4n) is 5.82. The number of pyridine rings is 1. The van der Waals surface area contributed by atoms with Gasteiger partial charge in [-0.15, -0.1) is 0 Å². The summed E-state index contributed by atoms with van der Waals surface area (Å²) in [5.41, 5.74) is 1.09. The number of ether oxygens (including phenoxy) is 2. The molecule has 14 heteroatoms. The molecule has 1 atom stereocenters. The maximum absolute atomic E-state index is 15.0. The Morgan fingerprint density at radius 3 is 2.48 bits per heavy atom. The minimum Gasteiger partial charge on any atom is -0.444 e. The van der Waals surface area contributed by atoms with E-state index in [4.69, 9.17) is 9.47 Å². The lowest BCUT2D eigenvalue weighted by Crippen LogP contribution is -2.40. The summed E-state index contributed by atoms with van der Waals surface area (Å²) in [5.74, 6) is -0.204. The number of nitrogens with one attached hydrogen (secondary N) is 2. The highest BCUT2D eigenvalue weighted by atomic mass is 19.1. The van der Waals surface area contributed by atoms with E-state index < -0.39 is 23.1 Å². The van der Waals surface area contributed by atoms with Crippen molar-refractivity contribution in [3.8, 4) is 11.4 Å². The number of hydrogen-bond donors (Lipinski definition) is 2. The number of hydrogen-bond acceptors (Lipinski definition) is 9. The smallest absolute Gasteiger partial charge is 0.414 e. The Kier molecular flexibility index (Phi) is 9.92. The van der Waals surface area contributed by atoms with Crippen molar-refractivity contribution in [2.45, 2.75) is 78.4 Å². The van der Waals surface area contributed by atoms with Crippen LogP contribution in [0.1, 0.15) is 76.9 Å². The van der Waals surface area contributed by atoms with Gasteiger partial charge in [-0.25, -0.2) is 28.9 Å². The summed E-state index contributed by atoms with van der Waals surface area (Å²) >= 11 is 0. The molecule has 3 aromatic heterocycles. The minimum absolute atomic E-state index is 0.0542. The predicted octanol–water partition coefficient (Wildman–Crippen LogP) is 5.82. The fraction of sp³-hybridized carbons (Fsp3) is 0.529. The average Bonchev–Trinajstić information content (AvgIpc) is 3.16. The van der Waals surface area contributed by atoms with E-state index in [2.05, 4.69) is 25.6 Å². The van der Waals surface area contributed by atoms with Gasteiger partial charge in [0.05, 0.1) is 29.3 Å². The van der Waals surface area contributed by atoms with Crippen LogP contribution in [0.3, 0.4) is 0 Å². The summed E-state index contributed by atoms with van der Waals surface area (Å²) in [7, 11) is 1.78. The molecule has 48 heavy (non-hydrogen) atoms. The summed E-state index contributed by atoms with van der Waals surface area (Å²) in [6.45, 7) is 13.0. The predicted molar refractivity (Wildman–Crippen MR) is 179 cm³/mol. The SMILES string of the molecule is Cn1c(-c2nc(Nc3ccc(N(CC4CCCN(C(=O)OC(C)(C)C)CC4)C(=O)OC(C)(C)C)cn3)ncc2F)cc2c1CCNC2=O. The molecule has 0 radical (unpaired) electrons. The number of amides is 3. The summed E-state index contributed by atoms with van der Waals surface area (Å²) < 4.78 is 28.1. The molecular formula is C34H45FN8O5. The number of fused-ring (bicyclic) bond motifs is 1. The highest BCUT2D eigenvalue weighted by Crippen LogP contribution is 2.29. The number of carbonyl (C=O) groups excluding carboxylic acids is 3. The van der Waals surface area contributed by atoms with Crippen LogP contribution in [0.5, 0.6) is 0 Å². The molecule has 3 aromatic rings. The van der Waals surface area contributed by atoms with Crippen LogP contribution < -0.4 is 15.5 Å². The third-order valence-corrected chi connectivity index (χ3v) is 8.09. The summed E-state index contributed by atoms with van der Waals surface area (Å²) in [5, 5.41) is 5.82. The lowest BCUT2D eigenvalue weighted by Gasteiger charge is -2.30. The largest absolute Gasteiger partial charge is 0.444 e. The number of nitrogens with zero attached hydrogens (tertiary/aromatic N) is 6. The first-order chi connectivity index (χ1) is 22.6. The molecule has 5 rings (SSSR count). The molecule has 5 heterocycles. The fourth-order valence-corrected chi connectivity index (χ4v) is 5.82. The third kappa shape index (κ3) is 8.39. The Bertz CT molecular complexity index is 1660. The van der Waals surface area contributed by atoms with Crippen molar-refractivity contribution in [3.05, 3.63) is 47.7 Å². The number of rotatable bonds is 6. The van der Waals surface area contributed by atoms with Crippen LogP contribution in [0, 0.1) is 11.7 Å². The van der Waals surface area contributed by atoms with E-state index in [0.29, 0.717) is 61.8 Å². The molecular weight excluding hydrogens is 619 g/mol. The highest BCUT2D eigenvalue weighted by molar-refractivity contribution is 5.98. The maximum atomic E-state index is 15.0. The number of halogens is 1. The quantitative estimate of drug-likeness (QED) is 0.333. The molecule has 258 valence electrons. The molecule has 0 saturated carbocycles. The van der Waals surface area contributed by atoms with Gasteiger partial charge in [-0.3, -0.25) is 9.69 Å². The van der Waals surface area contributed by atoms with Crippen molar-refractivity contribution in [2.75, 3.05) is 36.4 Å². The van der Waals surface area contributed by atoms with Gasteiger partial charge in [-0.05, 0) is 84.9 Å². The van der Waals surface area contributed by atoms with Gasteiger partial charge in [0.25, 0.3) is 5.91 Å². The summed E-state index contributed by atoms with van der Waals surface area (Å²) in [6.07, 6.45) is 4.75. The van der Waals surface area contributed by atoms with Gasteiger partial charge in [-0.2, -0.15) is 0 Å². The Morgan fingerprint density at radius 2 is 1.81 bits per heavy atom. The number of likely N-dealkylation sites (tertiary alicyclic amines) is 1. The van der Waals surface area contributed by atoms with E-state index in [9.17, 15) is 18.8 Å². The van der Waals surface area contributed by atoms with Crippen LogP contribution in [0.15, 0.2) is 30.6 Å². The van der Waals surface area contributed by atoms with Crippen molar-refractivity contribution in [2.24, 2.45) is 13.0 Å². The third-order valence-electron chi connectivity index (χ3n) is 8.09. The second kappa shape index (κ2) is 13.8. The lowest BCUT2D eigenvalue weighted by atomic mass is 10.00. The van der Waals surface area contributed by atoms with Crippen LogP contribution in [-0.2, 0) is 22.9 Å². The standard InChI is InChI=1S/C34H45FN8O5/c1-33(2,3)47-31(45)42-15-8-9-21(13-16-42)20-43(32(46)48-34(4,5)6)22-10-11-27(37-18-22)39-30-38-19-24(35)28(40-30)26-17-23-25(41(26)7)12-14-36-29(23)44/h10-11,17-19,21H,8-9,12-16,20H2,1-7H3,(H,36,44)(H,37,38,39,40). The van der Waals surface area contributed by atoms with Crippen LogP contribution in [-0.4, -0.2) is 79.9 Å². The molecule has 0 aromatic carbocycles. The second-order valence-corrected chi connectivity index (χ2v) is 14.2. The van der Waals surface area contributed by atoms with E-state index in [0.717, 1.165) is 24.7 Å². The molecule has 2 aliphatic rings. The first kappa shape index (κ1) is 34.6. The van der Waals surface area contributed by atoms with Crippen LogP contribution in [0.4, 0.5) is 31.4 Å². The van der Waals surface area contributed by atoms with E-state index in [1.165, 1.54) is 0 Å². The topological polar surface area (TPSA) is 144 Å². The molecule has 2 aliphatic heterocycles. The molecule has 1 saturated heterocycles. The average molecular weight is 665 g/mol. The van der Waals surface area contributed by atoms with Gasteiger partial charge in [0.1, 0.15) is 22.7 Å². The van der Waals surface area contributed by atoms with E-state index in [1.807, 2.05) is 41.5 Å². The maximum Gasteiger partial charge on any atom is 0.414 e. The molecule has 0 aliphatic carbocycles. The molecule has 0 spiro atoms. The van der Waals surface area contributed by atoms with Crippen molar-refractivity contribution in [1.29, 1.82) is 0 Å². The Balaban J connectivity index is 1.32. The Morgan fingerprint density at radius 1 is 1.06 bits per heavy atom. The Labute approximate surface area is 280 Å². The van der Waals surface area contributed by atoms with E-state index >= 15 is 0 Å². The van der Waals surface area contributed by atoms with Crippen LogP contribution in [0.25, 0.3) is 11.4 Å². The molecule has 3 amide bonds. The summed E-state index contributed by atoms with van der Waals surface area (Å²) in [4.78, 5) is 54.8. The molecule has 13 nitrogen and oxygen atoms in total. The number of anilines is 3. The van der Waals surface area contributed by atoms with E-state index in [-0.39, 0.29) is 29.6 Å². The first-order valence-corrected chi connectivity index (χ1v) is 16.3. The van der Waals surface area contributed by atoms with Crippen molar-refractivity contribution in [3.63, 3.8) is 0 Å². The van der Waals surface area contributed by atoms with E-state index in [1.54, 1.807) is 45.8 Å². The van der Waals surface area contributed by atoms with Gasteiger partial charge in [0, 0.05) is 45.3 Å². The minimum atomic E-state index is -0.708. The zero-order valence-corrected chi connectivity index (χ0v) is 28.7. The Hall–Kier alpha value is -4.75. The number of carbonyl (C=O) groups is 3.